The maximum absolute atomic E-state index is 10.0. The van der Waals surface area contributed by atoms with Crippen molar-refractivity contribution >= 4 is 11.8 Å². The molecule has 0 fully saturated rings. The van der Waals surface area contributed by atoms with Crippen molar-refractivity contribution in [2.45, 2.75) is 13.8 Å². The second-order valence-electron chi connectivity index (χ2n) is 2.77. The van der Waals surface area contributed by atoms with E-state index < -0.39 is 0 Å². The van der Waals surface area contributed by atoms with E-state index in [9.17, 15) is 4.79 Å². The number of nitriles is 1. The summed E-state index contributed by atoms with van der Waals surface area (Å²) in [5.74, 6) is 0. The molecule has 3 nitrogen and oxygen atoms in total. The van der Waals surface area contributed by atoms with Gasteiger partial charge in [0, 0.05) is 0 Å². The summed E-state index contributed by atoms with van der Waals surface area (Å²) < 4.78 is 0. The molecule has 1 aromatic carbocycles. The molecule has 0 atom stereocenters. The van der Waals surface area contributed by atoms with Crippen LogP contribution in [0.5, 0.6) is 0 Å². The quantitative estimate of drug-likeness (QED) is 0.481. The van der Waals surface area contributed by atoms with E-state index in [1.54, 1.807) is 6.07 Å². The Morgan fingerprint density at radius 1 is 1.31 bits per heavy atom. The first-order chi connectivity index (χ1) is 6.19. The van der Waals surface area contributed by atoms with Crippen LogP contribution in [0.4, 0.5) is 5.69 Å². The highest BCUT2D eigenvalue weighted by Crippen LogP contribution is 2.22. The number of carbonyl (C=O) groups excluding carboxylic acids is 1. The highest BCUT2D eigenvalue weighted by molar-refractivity contribution is 5.58. The molecule has 13 heavy (non-hydrogen) atoms. The van der Waals surface area contributed by atoms with Gasteiger partial charge in [-0.2, -0.15) is 10.3 Å². The standard InChI is InChI=1S/C10H8N2O/c1-7-3-8(2)10(12-6-13)4-9(7)5-11/h3-4H,1-2H3. The van der Waals surface area contributed by atoms with Crippen LogP contribution in [0.25, 0.3) is 0 Å². The number of benzene rings is 1. The molecular weight excluding hydrogens is 164 g/mol. The van der Waals surface area contributed by atoms with Crippen molar-refractivity contribution in [2.24, 2.45) is 4.99 Å². The zero-order valence-corrected chi connectivity index (χ0v) is 7.46. The first-order valence-electron chi connectivity index (χ1n) is 3.78. The number of aliphatic imine (C=N–C) groups is 1. The fraction of sp³-hybridized carbons (Fsp3) is 0.200. The summed E-state index contributed by atoms with van der Waals surface area (Å²) in [4.78, 5) is 13.5. The molecule has 0 bridgehead atoms. The van der Waals surface area contributed by atoms with Crippen molar-refractivity contribution in [1.29, 1.82) is 5.26 Å². The second kappa shape index (κ2) is 3.66. The molecule has 0 N–H and O–H groups in total. The third kappa shape index (κ3) is 1.81. The van der Waals surface area contributed by atoms with Crippen LogP contribution >= 0.6 is 0 Å². The number of rotatable bonds is 1. The summed E-state index contributed by atoms with van der Waals surface area (Å²) in [5, 5.41) is 8.71. The van der Waals surface area contributed by atoms with Crippen molar-refractivity contribution in [2.75, 3.05) is 0 Å². The zero-order chi connectivity index (χ0) is 9.84. The van der Waals surface area contributed by atoms with Gasteiger partial charge in [0.05, 0.1) is 17.3 Å². The molecule has 0 unspecified atom stereocenters. The van der Waals surface area contributed by atoms with Crippen LogP contribution in [-0.4, -0.2) is 6.08 Å². The molecule has 64 valence electrons. The molecule has 0 aromatic heterocycles. The summed E-state index contributed by atoms with van der Waals surface area (Å²) in [6, 6.07) is 5.45. The predicted molar refractivity (Wildman–Crippen MR) is 48.4 cm³/mol. The lowest BCUT2D eigenvalue weighted by molar-refractivity contribution is 0.565. The van der Waals surface area contributed by atoms with Crippen LogP contribution in [0.3, 0.4) is 0 Å². The third-order valence-corrected chi connectivity index (χ3v) is 1.83. The van der Waals surface area contributed by atoms with Crippen LogP contribution in [0.1, 0.15) is 16.7 Å². The van der Waals surface area contributed by atoms with Crippen molar-refractivity contribution in [3.8, 4) is 6.07 Å². The molecule has 0 saturated heterocycles. The Kier molecular flexibility index (Phi) is 2.59. The minimum Gasteiger partial charge on any atom is -0.211 e. The molecular formula is C10H8N2O. The van der Waals surface area contributed by atoms with Gasteiger partial charge in [-0.3, -0.25) is 0 Å². The molecule has 0 aliphatic heterocycles. The van der Waals surface area contributed by atoms with Crippen LogP contribution in [-0.2, 0) is 4.79 Å². The number of hydrogen-bond acceptors (Lipinski definition) is 3. The van der Waals surface area contributed by atoms with Gasteiger partial charge in [-0.05, 0) is 31.0 Å². The van der Waals surface area contributed by atoms with Crippen molar-refractivity contribution in [3.05, 3.63) is 28.8 Å². The smallest absolute Gasteiger partial charge is 0.211 e. The number of nitrogens with zero attached hydrogens (tertiary/aromatic N) is 2. The van der Waals surface area contributed by atoms with E-state index in [1.807, 2.05) is 26.0 Å². The van der Waals surface area contributed by atoms with Crippen LogP contribution in [0.2, 0.25) is 0 Å². The highest BCUT2D eigenvalue weighted by Gasteiger charge is 2.02. The van der Waals surface area contributed by atoms with Gasteiger partial charge in [-0.15, -0.1) is 0 Å². The Morgan fingerprint density at radius 3 is 2.54 bits per heavy atom. The molecule has 1 aromatic rings. The fourth-order valence-electron chi connectivity index (χ4n) is 1.13. The van der Waals surface area contributed by atoms with Gasteiger partial charge >= 0.3 is 0 Å². The topological polar surface area (TPSA) is 53.2 Å². The Morgan fingerprint density at radius 2 is 2.00 bits per heavy atom. The van der Waals surface area contributed by atoms with Gasteiger partial charge in [-0.25, -0.2) is 4.79 Å². The maximum Gasteiger partial charge on any atom is 0.240 e. The summed E-state index contributed by atoms with van der Waals surface area (Å²) in [6.07, 6.45) is 1.46. The Hall–Kier alpha value is -1.91. The van der Waals surface area contributed by atoms with E-state index >= 15 is 0 Å². The van der Waals surface area contributed by atoms with E-state index in [1.165, 1.54) is 6.08 Å². The van der Waals surface area contributed by atoms with Crippen LogP contribution in [0.15, 0.2) is 17.1 Å². The average Bonchev–Trinajstić information content (AvgIpc) is 2.10. The van der Waals surface area contributed by atoms with Gasteiger partial charge in [0.15, 0.2) is 0 Å². The summed E-state index contributed by atoms with van der Waals surface area (Å²) >= 11 is 0. The van der Waals surface area contributed by atoms with Gasteiger partial charge < -0.3 is 0 Å². The monoisotopic (exact) mass is 172 g/mol. The zero-order valence-electron chi connectivity index (χ0n) is 7.46. The molecule has 0 heterocycles. The Bertz CT molecular complexity index is 423. The lowest BCUT2D eigenvalue weighted by Gasteiger charge is -2.01. The number of isocyanates is 1. The minimum absolute atomic E-state index is 0.511. The highest BCUT2D eigenvalue weighted by atomic mass is 16.1. The fourth-order valence-corrected chi connectivity index (χ4v) is 1.13. The lowest BCUT2D eigenvalue weighted by Crippen LogP contribution is -1.84. The SMILES string of the molecule is Cc1cc(C)c(N=C=O)cc1C#N. The van der Waals surface area contributed by atoms with Crippen molar-refractivity contribution < 1.29 is 4.79 Å². The maximum atomic E-state index is 10.0. The van der Waals surface area contributed by atoms with E-state index in [-0.39, 0.29) is 0 Å². The molecule has 3 heteroatoms. The normalized spacial score (nSPS) is 8.69. The molecule has 0 amide bonds. The lowest BCUT2D eigenvalue weighted by atomic mass is 10.1. The van der Waals surface area contributed by atoms with Gasteiger partial charge in [0.1, 0.15) is 0 Å². The van der Waals surface area contributed by atoms with E-state index in [4.69, 9.17) is 5.26 Å². The molecule has 0 radical (unpaired) electrons. The molecule has 0 aliphatic carbocycles. The molecule has 0 spiro atoms. The third-order valence-electron chi connectivity index (χ3n) is 1.83. The van der Waals surface area contributed by atoms with Crippen LogP contribution < -0.4 is 0 Å². The Labute approximate surface area is 76.3 Å². The van der Waals surface area contributed by atoms with Gasteiger partial charge in [-0.1, -0.05) is 6.07 Å². The minimum atomic E-state index is 0.511. The van der Waals surface area contributed by atoms with Gasteiger partial charge in [0.25, 0.3) is 0 Å². The molecule has 0 aliphatic rings. The van der Waals surface area contributed by atoms with Gasteiger partial charge in [0.2, 0.25) is 6.08 Å². The van der Waals surface area contributed by atoms with E-state index in [0.717, 1.165) is 11.1 Å². The first-order valence-corrected chi connectivity index (χ1v) is 3.78. The second-order valence-corrected chi connectivity index (χ2v) is 2.77. The first kappa shape index (κ1) is 9.18. The summed E-state index contributed by atoms with van der Waals surface area (Å²) in [7, 11) is 0. The molecule has 1 rings (SSSR count). The predicted octanol–water partition coefficient (Wildman–Crippen LogP) is 2.14. The van der Waals surface area contributed by atoms with E-state index in [0.29, 0.717) is 11.3 Å². The largest absolute Gasteiger partial charge is 0.240 e. The average molecular weight is 172 g/mol. The molecule has 0 saturated carbocycles. The summed E-state index contributed by atoms with van der Waals surface area (Å²) in [6.45, 7) is 3.68. The summed E-state index contributed by atoms with van der Waals surface area (Å²) in [5.41, 5.74) is 2.82. The van der Waals surface area contributed by atoms with Crippen molar-refractivity contribution in [3.63, 3.8) is 0 Å². The van der Waals surface area contributed by atoms with Crippen LogP contribution in [0, 0.1) is 25.2 Å². The Balaban J connectivity index is 3.40. The number of aryl methyl sites for hydroxylation is 2. The number of hydrogen-bond donors (Lipinski definition) is 0. The van der Waals surface area contributed by atoms with E-state index in [2.05, 4.69) is 4.99 Å². The van der Waals surface area contributed by atoms with Crippen molar-refractivity contribution in [1.82, 2.24) is 0 Å².